The molecule has 0 radical (unpaired) electrons. The normalized spacial score (nSPS) is 18.4. The van der Waals surface area contributed by atoms with Crippen LogP contribution in [0.2, 0.25) is 0 Å². The Morgan fingerprint density at radius 1 is 1.00 bits per heavy atom. The Morgan fingerprint density at radius 2 is 1.48 bits per heavy atom. The highest BCUT2D eigenvalue weighted by Gasteiger charge is 2.56. The van der Waals surface area contributed by atoms with Crippen molar-refractivity contribution in [3.05, 3.63) is 59.7 Å². The number of benzene rings is 2. The second kappa shape index (κ2) is 7.94. The van der Waals surface area contributed by atoms with Gasteiger partial charge in [-0.2, -0.15) is 0 Å². The van der Waals surface area contributed by atoms with Crippen molar-refractivity contribution < 1.29 is 23.9 Å². The first-order valence-electron chi connectivity index (χ1n) is 10.2. The Balaban J connectivity index is 1.77. The van der Waals surface area contributed by atoms with Gasteiger partial charge in [0.2, 0.25) is 5.91 Å². The molecule has 2 aliphatic rings. The number of ether oxygens (including phenoxy) is 2. The number of carbonyl (C=O) groups is 3. The second-order valence-corrected chi connectivity index (χ2v) is 7.77. The third-order valence-corrected chi connectivity index (χ3v) is 5.79. The van der Waals surface area contributed by atoms with E-state index >= 15 is 0 Å². The summed E-state index contributed by atoms with van der Waals surface area (Å²) in [4.78, 5) is 40.4. The summed E-state index contributed by atoms with van der Waals surface area (Å²) in [6.45, 7) is 1.56. The highest BCUT2D eigenvalue weighted by Crippen LogP contribution is 2.38. The smallest absolute Gasteiger partial charge is 0.326 e. The van der Waals surface area contributed by atoms with Gasteiger partial charge in [0.15, 0.2) is 5.54 Å². The fourth-order valence-corrected chi connectivity index (χ4v) is 3.81. The zero-order valence-corrected chi connectivity index (χ0v) is 17.7. The minimum Gasteiger partial charge on any atom is -0.497 e. The molecule has 162 valence electrons. The minimum atomic E-state index is -1.47. The number of methoxy groups -OCH3 is 2. The van der Waals surface area contributed by atoms with Crippen molar-refractivity contribution in [3.8, 4) is 11.5 Å². The van der Waals surface area contributed by atoms with Crippen LogP contribution in [0.25, 0.3) is 0 Å². The second-order valence-electron chi connectivity index (χ2n) is 7.77. The predicted molar refractivity (Wildman–Crippen MR) is 113 cm³/mol. The average Bonchev–Trinajstić information content (AvgIpc) is 3.57. The Kier molecular flexibility index (Phi) is 5.31. The first-order chi connectivity index (χ1) is 14.9. The third kappa shape index (κ3) is 3.58. The summed E-state index contributed by atoms with van der Waals surface area (Å²) < 4.78 is 10.5. The molecule has 2 fully saturated rings. The molecule has 1 saturated carbocycles. The minimum absolute atomic E-state index is 0.128. The Labute approximate surface area is 180 Å². The summed E-state index contributed by atoms with van der Waals surface area (Å²) in [5.74, 6) is 0.399. The maximum absolute atomic E-state index is 13.8. The first-order valence-corrected chi connectivity index (χ1v) is 10.2. The number of urea groups is 1. The van der Waals surface area contributed by atoms with E-state index in [4.69, 9.17) is 9.47 Å². The van der Waals surface area contributed by atoms with E-state index in [1.54, 1.807) is 69.7 Å². The van der Waals surface area contributed by atoms with Crippen LogP contribution in [0.5, 0.6) is 11.5 Å². The molecule has 0 aromatic heterocycles. The number of rotatable bonds is 7. The monoisotopic (exact) mass is 423 g/mol. The average molecular weight is 423 g/mol. The van der Waals surface area contributed by atoms with Gasteiger partial charge in [0, 0.05) is 6.04 Å². The molecular formula is C23H25N3O5. The van der Waals surface area contributed by atoms with Crippen molar-refractivity contribution >= 4 is 17.8 Å². The van der Waals surface area contributed by atoms with Crippen LogP contribution in [0.1, 0.15) is 30.9 Å². The van der Waals surface area contributed by atoms with Gasteiger partial charge in [-0.3, -0.25) is 9.59 Å². The standard InChI is InChI=1S/C23H25N3O5/c1-14(20(27)24-17-8-9-17)26-21(28)23(25-22(26)29,15-4-10-18(30-2)11-5-15)16-6-12-19(31-3)13-7-16/h4-7,10-14,17H,8-9H2,1-3H3,(H,24,27)(H,25,29). The number of carbonyl (C=O) groups excluding carboxylic acids is 3. The van der Waals surface area contributed by atoms with Crippen molar-refractivity contribution in [1.82, 2.24) is 15.5 Å². The van der Waals surface area contributed by atoms with E-state index in [1.807, 2.05) is 0 Å². The van der Waals surface area contributed by atoms with Gasteiger partial charge in [-0.05, 0) is 55.2 Å². The van der Waals surface area contributed by atoms with Gasteiger partial charge in [0.05, 0.1) is 14.2 Å². The highest BCUT2D eigenvalue weighted by molar-refractivity contribution is 6.12. The van der Waals surface area contributed by atoms with E-state index in [0.29, 0.717) is 22.6 Å². The number of imide groups is 1. The maximum atomic E-state index is 13.8. The number of hydrogen-bond acceptors (Lipinski definition) is 5. The van der Waals surface area contributed by atoms with Gasteiger partial charge in [0.1, 0.15) is 17.5 Å². The molecule has 2 N–H and O–H groups in total. The van der Waals surface area contributed by atoms with E-state index < -0.39 is 23.5 Å². The molecule has 0 spiro atoms. The molecular weight excluding hydrogens is 398 g/mol. The van der Waals surface area contributed by atoms with Crippen LogP contribution in [-0.2, 0) is 15.1 Å². The molecule has 31 heavy (non-hydrogen) atoms. The zero-order valence-electron chi connectivity index (χ0n) is 17.7. The number of amides is 4. The molecule has 1 aliphatic heterocycles. The van der Waals surface area contributed by atoms with Crippen LogP contribution in [0.15, 0.2) is 48.5 Å². The topological polar surface area (TPSA) is 97.0 Å². The van der Waals surface area contributed by atoms with E-state index in [-0.39, 0.29) is 11.9 Å². The molecule has 0 bridgehead atoms. The van der Waals surface area contributed by atoms with Gasteiger partial charge in [-0.15, -0.1) is 0 Å². The van der Waals surface area contributed by atoms with E-state index in [9.17, 15) is 14.4 Å². The van der Waals surface area contributed by atoms with E-state index in [2.05, 4.69) is 10.6 Å². The van der Waals surface area contributed by atoms with Crippen LogP contribution in [0.4, 0.5) is 4.79 Å². The van der Waals surface area contributed by atoms with Gasteiger partial charge >= 0.3 is 6.03 Å². The molecule has 2 aromatic rings. The molecule has 4 amide bonds. The number of nitrogens with one attached hydrogen (secondary N) is 2. The lowest BCUT2D eigenvalue weighted by atomic mass is 9.82. The van der Waals surface area contributed by atoms with Crippen LogP contribution in [-0.4, -0.2) is 49.0 Å². The fraction of sp³-hybridized carbons (Fsp3) is 0.348. The molecule has 4 rings (SSSR count). The predicted octanol–water partition coefficient (Wildman–Crippen LogP) is 2.17. The van der Waals surface area contributed by atoms with Crippen LogP contribution in [0.3, 0.4) is 0 Å². The van der Waals surface area contributed by atoms with Crippen molar-refractivity contribution in [2.24, 2.45) is 0 Å². The Bertz CT molecular complexity index is 951. The molecule has 2 aromatic carbocycles. The van der Waals surface area contributed by atoms with Crippen LogP contribution in [0, 0.1) is 0 Å². The Hall–Kier alpha value is -3.55. The van der Waals surface area contributed by atoms with Gasteiger partial charge in [-0.25, -0.2) is 9.69 Å². The largest absolute Gasteiger partial charge is 0.497 e. The zero-order chi connectivity index (χ0) is 22.2. The van der Waals surface area contributed by atoms with Gasteiger partial charge in [0.25, 0.3) is 5.91 Å². The molecule has 1 heterocycles. The molecule has 1 atom stereocenters. The van der Waals surface area contributed by atoms with Crippen molar-refractivity contribution in [3.63, 3.8) is 0 Å². The lowest BCUT2D eigenvalue weighted by Gasteiger charge is -2.29. The van der Waals surface area contributed by atoms with Crippen molar-refractivity contribution in [1.29, 1.82) is 0 Å². The van der Waals surface area contributed by atoms with E-state index in [1.165, 1.54) is 0 Å². The third-order valence-electron chi connectivity index (χ3n) is 5.79. The molecule has 1 aliphatic carbocycles. The maximum Gasteiger partial charge on any atom is 0.326 e. The Morgan fingerprint density at radius 3 is 1.90 bits per heavy atom. The molecule has 1 unspecified atom stereocenters. The summed E-state index contributed by atoms with van der Waals surface area (Å²) in [7, 11) is 3.11. The fourth-order valence-electron chi connectivity index (χ4n) is 3.81. The summed E-state index contributed by atoms with van der Waals surface area (Å²) in [6.07, 6.45) is 1.83. The molecule has 1 saturated heterocycles. The first kappa shape index (κ1) is 20.7. The van der Waals surface area contributed by atoms with Gasteiger partial charge < -0.3 is 20.1 Å². The van der Waals surface area contributed by atoms with Crippen LogP contribution >= 0.6 is 0 Å². The molecule has 8 nitrogen and oxygen atoms in total. The number of nitrogens with zero attached hydrogens (tertiary/aromatic N) is 1. The summed E-state index contributed by atoms with van der Waals surface area (Å²) in [6, 6.07) is 12.4. The SMILES string of the molecule is COc1ccc(C2(c3ccc(OC)cc3)NC(=O)N(C(C)C(=O)NC3CC3)C2=O)cc1. The summed E-state index contributed by atoms with van der Waals surface area (Å²) in [5, 5.41) is 5.72. The summed E-state index contributed by atoms with van der Waals surface area (Å²) >= 11 is 0. The van der Waals surface area contributed by atoms with Crippen LogP contribution < -0.4 is 20.1 Å². The van der Waals surface area contributed by atoms with Crippen molar-refractivity contribution in [2.45, 2.75) is 37.4 Å². The number of hydrogen-bond donors (Lipinski definition) is 2. The lowest BCUT2D eigenvalue weighted by Crippen LogP contribution is -2.50. The quantitative estimate of drug-likeness (QED) is 0.666. The van der Waals surface area contributed by atoms with E-state index in [0.717, 1.165) is 17.7 Å². The molecule has 8 heteroatoms. The summed E-state index contributed by atoms with van der Waals surface area (Å²) in [5.41, 5.74) is -0.341. The highest BCUT2D eigenvalue weighted by atomic mass is 16.5. The van der Waals surface area contributed by atoms with Crippen molar-refractivity contribution in [2.75, 3.05) is 14.2 Å². The van der Waals surface area contributed by atoms with Gasteiger partial charge in [-0.1, -0.05) is 24.3 Å². The lowest BCUT2D eigenvalue weighted by molar-refractivity contribution is -0.137.